The zero-order chi connectivity index (χ0) is 11.1. The van der Waals surface area contributed by atoms with E-state index in [9.17, 15) is 5.11 Å². The largest absolute Gasteiger partial charge is 0.388 e. The van der Waals surface area contributed by atoms with E-state index in [2.05, 4.69) is 9.27 Å². The maximum Gasteiger partial charge on any atom is 0.153 e. The van der Waals surface area contributed by atoms with E-state index in [0.717, 1.165) is 22.9 Å². The van der Waals surface area contributed by atoms with Crippen LogP contribution in [0, 0.1) is 0 Å². The Kier molecular flexibility index (Phi) is 2.83. The SMILES string of the molecule is CSc1c(N)nsc1N1CCC(C)(O)C1. The quantitative estimate of drug-likeness (QED) is 0.771. The Morgan fingerprint density at radius 2 is 2.40 bits per heavy atom. The van der Waals surface area contributed by atoms with E-state index in [1.54, 1.807) is 11.8 Å². The third-order valence-electron chi connectivity index (χ3n) is 2.60. The van der Waals surface area contributed by atoms with Gasteiger partial charge in [0.2, 0.25) is 0 Å². The second-order valence-electron chi connectivity index (χ2n) is 4.07. The summed E-state index contributed by atoms with van der Waals surface area (Å²) in [6.07, 6.45) is 2.80. The lowest BCUT2D eigenvalue weighted by atomic mass is 10.1. The monoisotopic (exact) mass is 245 g/mol. The third kappa shape index (κ3) is 2.07. The van der Waals surface area contributed by atoms with Crippen molar-refractivity contribution in [1.82, 2.24) is 4.37 Å². The zero-order valence-electron chi connectivity index (χ0n) is 8.86. The minimum absolute atomic E-state index is 0.575. The average molecular weight is 245 g/mol. The van der Waals surface area contributed by atoms with Crippen molar-refractivity contribution in [2.75, 3.05) is 30.0 Å². The summed E-state index contributed by atoms with van der Waals surface area (Å²) in [4.78, 5) is 3.21. The van der Waals surface area contributed by atoms with E-state index in [0.29, 0.717) is 12.4 Å². The van der Waals surface area contributed by atoms with Crippen molar-refractivity contribution in [2.24, 2.45) is 0 Å². The number of hydrogen-bond donors (Lipinski definition) is 2. The second-order valence-corrected chi connectivity index (χ2v) is 5.64. The van der Waals surface area contributed by atoms with E-state index in [1.165, 1.54) is 11.5 Å². The van der Waals surface area contributed by atoms with Gasteiger partial charge in [-0.2, -0.15) is 4.37 Å². The predicted molar refractivity (Wildman–Crippen MR) is 65.8 cm³/mol. The summed E-state index contributed by atoms with van der Waals surface area (Å²) in [7, 11) is 0. The van der Waals surface area contributed by atoms with Crippen LogP contribution < -0.4 is 10.6 Å². The molecule has 1 aliphatic heterocycles. The minimum Gasteiger partial charge on any atom is -0.388 e. The van der Waals surface area contributed by atoms with Crippen LogP contribution in [0.2, 0.25) is 0 Å². The minimum atomic E-state index is -0.575. The first-order valence-corrected chi connectivity index (χ1v) is 6.80. The number of nitrogen functional groups attached to an aromatic ring is 1. The van der Waals surface area contributed by atoms with Gasteiger partial charge in [-0.3, -0.25) is 0 Å². The first kappa shape index (κ1) is 11.0. The fourth-order valence-electron chi connectivity index (χ4n) is 1.80. The first-order chi connectivity index (χ1) is 7.03. The molecule has 1 unspecified atom stereocenters. The smallest absolute Gasteiger partial charge is 0.153 e. The average Bonchev–Trinajstić information content (AvgIpc) is 2.69. The Balaban J connectivity index is 2.24. The van der Waals surface area contributed by atoms with Crippen LogP contribution in [0.1, 0.15) is 13.3 Å². The summed E-state index contributed by atoms with van der Waals surface area (Å²) in [5.41, 5.74) is 5.20. The van der Waals surface area contributed by atoms with E-state index in [1.807, 2.05) is 13.2 Å². The number of nitrogens with zero attached hydrogens (tertiary/aromatic N) is 2. The lowest BCUT2D eigenvalue weighted by Crippen LogP contribution is -2.29. The summed E-state index contributed by atoms with van der Waals surface area (Å²) in [5.74, 6) is 0.606. The molecule has 6 heteroatoms. The molecule has 2 rings (SSSR count). The number of β-amino-alcohol motifs (C(OH)–C–C–N with tert-alkyl or cyclic N) is 1. The molecule has 2 heterocycles. The molecule has 84 valence electrons. The predicted octanol–water partition coefficient (Wildman–Crippen LogP) is 1.41. The fraction of sp³-hybridized carbons (Fsp3) is 0.667. The molecule has 4 nitrogen and oxygen atoms in total. The summed E-state index contributed by atoms with van der Waals surface area (Å²) in [5, 5.41) is 11.0. The standard InChI is InChI=1S/C9H15N3OS2/c1-9(13)3-4-12(5-9)8-6(14-2)7(10)11-15-8/h13H,3-5H2,1-2H3,(H2,10,11). The van der Waals surface area contributed by atoms with Gasteiger partial charge in [0.1, 0.15) is 5.00 Å². The molecule has 0 amide bonds. The molecule has 1 atom stereocenters. The van der Waals surface area contributed by atoms with Gasteiger partial charge in [0.15, 0.2) is 5.82 Å². The van der Waals surface area contributed by atoms with E-state index < -0.39 is 5.60 Å². The van der Waals surface area contributed by atoms with Gasteiger partial charge in [-0.05, 0) is 31.1 Å². The number of aromatic nitrogens is 1. The fourth-order valence-corrected chi connectivity index (χ4v) is 3.51. The van der Waals surface area contributed by atoms with Gasteiger partial charge in [-0.1, -0.05) is 0 Å². The maximum absolute atomic E-state index is 9.90. The van der Waals surface area contributed by atoms with Gasteiger partial charge in [-0.25, -0.2) is 0 Å². The van der Waals surface area contributed by atoms with Crippen LogP contribution >= 0.6 is 23.3 Å². The molecule has 0 aliphatic carbocycles. The van der Waals surface area contributed by atoms with Gasteiger partial charge in [-0.15, -0.1) is 11.8 Å². The van der Waals surface area contributed by atoms with Gasteiger partial charge < -0.3 is 15.7 Å². The Labute approximate surface area is 97.6 Å². The molecule has 0 radical (unpaired) electrons. The van der Waals surface area contributed by atoms with Crippen molar-refractivity contribution < 1.29 is 5.11 Å². The molecule has 3 N–H and O–H groups in total. The molecule has 0 bridgehead atoms. The summed E-state index contributed by atoms with van der Waals surface area (Å²) < 4.78 is 4.16. The molecule has 1 aliphatic rings. The highest BCUT2D eigenvalue weighted by Gasteiger charge is 2.33. The van der Waals surface area contributed by atoms with Crippen LogP contribution in [0.4, 0.5) is 10.8 Å². The molecular weight excluding hydrogens is 230 g/mol. The van der Waals surface area contributed by atoms with Crippen LogP contribution in [0.3, 0.4) is 0 Å². The summed E-state index contributed by atoms with van der Waals surface area (Å²) >= 11 is 3.03. The normalized spacial score (nSPS) is 26.2. The molecule has 1 saturated heterocycles. The van der Waals surface area contributed by atoms with Crippen LogP contribution in [-0.2, 0) is 0 Å². The van der Waals surface area contributed by atoms with Crippen LogP contribution in [0.15, 0.2) is 4.90 Å². The van der Waals surface area contributed by atoms with E-state index in [-0.39, 0.29) is 0 Å². The molecule has 0 aromatic carbocycles. The van der Waals surface area contributed by atoms with Crippen molar-refractivity contribution in [3.8, 4) is 0 Å². The third-order valence-corrected chi connectivity index (χ3v) is 4.46. The molecule has 0 saturated carbocycles. The van der Waals surface area contributed by atoms with E-state index >= 15 is 0 Å². The van der Waals surface area contributed by atoms with Gasteiger partial charge in [0.05, 0.1) is 10.5 Å². The Hall–Kier alpha value is -0.460. The van der Waals surface area contributed by atoms with Crippen molar-refractivity contribution in [3.05, 3.63) is 0 Å². The lowest BCUT2D eigenvalue weighted by Gasteiger charge is -2.19. The van der Waals surface area contributed by atoms with Gasteiger partial charge >= 0.3 is 0 Å². The number of hydrogen-bond acceptors (Lipinski definition) is 6. The molecule has 1 aromatic rings. The van der Waals surface area contributed by atoms with Crippen molar-refractivity contribution in [2.45, 2.75) is 23.8 Å². The number of rotatable bonds is 2. The van der Waals surface area contributed by atoms with E-state index in [4.69, 9.17) is 5.73 Å². The molecule has 15 heavy (non-hydrogen) atoms. The van der Waals surface area contributed by atoms with Crippen LogP contribution in [0.5, 0.6) is 0 Å². The van der Waals surface area contributed by atoms with Crippen molar-refractivity contribution in [3.63, 3.8) is 0 Å². The topological polar surface area (TPSA) is 62.4 Å². The number of thioether (sulfide) groups is 1. The highest BCUT2D eigenvalue weighted by molar-refractivity contribution is 7.99. The number of anilines is 2. The van der Waals surface area contributed by atoms with Crippen molar-refractivity contribution in [1.29, 1.82) is 0 Å². The highest BCUT2D eigenvalue weighted by atomic mass is 32.2. The Morgan fingerprint density at radius 1 is 1.67 bits per heavy atom. The maximum atomic E-state index is 9.90. The van der Waals surface area contributed by atoms with Crippen LogP contribution in [0.25, 0.3) is 0 Å². The zero-order valence-corrected chi connectivity index (χ0v) is 10.5. The van der Waals surface area contributed by atoms with Crippen molar-refractivity contribution >= 4 is 34.1 Å². The van der Waals surface area contributed by atoms with Crippen LogP contribution in [-0.4, -0.2) is 34.4 Å². The lowest BCUT2D eigenvalue weighted by molar-refractivity contribution is 0.0839. The Morgan fingerprint density at radius 3 is 2.93 bits per heavy atom. The first-order valence-electron chi connectivity index (χ1n) is 4.80. The van der Waals surface area contributed by atoms with Gasteiger partial charge in [0, 0.05) is 13.1 Å². The Bertz CT molecular complexity index is 364. The molecule has 0 spiro atoms. The molecular formula is C9H15N3OS2. The molecule has 1 aromatic heterocycles. The van der Waals surface area contributed by atoms with Gasteiger partial charge in [0.25, 0.3) is 0 Å². The molecule has 1 fully saturated rings. The highest BCUT2D eigenvalue weighted by Crippen LogP contribution is 2.40. The summed E-state index contributed by atoms with van der Waals surface area (Å²) in [6, 6.07) is 0. The number of nitrogens with two attached hydrogens (primary N) is 1. The summed E-state index contributed by atoms with van der Waals surface area (Å²) in [6.45, 7) is 3.42. The second kappa shape index (κ2) is 3.84. The number of aliphatic hydroxyl groups is 1.